The standard InChI is InChI=1S/C18H20N4O2/c1-13(23)22-8-7-15-5-3-4-6-16(15)17(22)9-18(24)19-10-14-11-20-21(2)12-14/h3-8,11-12,17H,9-10H2,1-2H3,(H,19,24)/t17-/m1/s1. The lowest BCUT2D eigenvalue weighted by atomic mass is 9.93. The van der Waals surface area contributed by atoms with Gasteiger partial charge in [0.1, 0.15) is 0 Å². The molecule has 0 saturated heterocycles. The number of nitrogens with zero attached hydrogens (tertiary/aromatic N) is 3. The Morgan fingerprint density at radius 3 is 2.79 bits per heavy atom. The highest BCUT2D eigenvalue weighted by Crippen LogP contribution is 2.32. The largest absolute Gasteiger partial charge is 0.352 e. The third-order valence-electron chi connectivity index (χ3n) is 4.10. The molecule has 24 heavy (non-hydrogen) atoms. The van der Waals surface area contributed by atoms with E-state index in [1.165, 1.54) is 6.92 Å². The van der Waals surface area contributed by atoms with Crippen LogP contribution in [0.15, 0.2) is 42.9 Å². The van der Waals surface area contributed by atoms with Crippen LogP contribution in [0.5, 0.6) is 0 Å². The zero-order chi connectivity index (χ0) is 17.1. The monoisotopic (exact) mass is 324 g/mol. The fourth-order valence-corrected chi connectivity index (χ4v) is 2.92. The molecule has 6 heteroatoms. The van der Waals surface area contributed by atoms with Crippen molar-refractivity contribution in [3.8, 4) is 0 Å². The minimum Gasteiger partial charge on any atom is -0.352 e. The predicted octanol–water partition coefficient (Wildman–Crippen LogP) is 2.00. The van der Waals surface area contributed by atoms with Crippen molar-refractivity contribution in [1.82, 2.24) is 20.0 Å². The van der Waals surface area contributed by atoms with Crippen LogP contribution in [-0.2, 0) is 23.2 Å². The van der Waals surface area contributed by atoms with Gasteiger partial charge < -0.3 is 10.2 Å². The zero-order valence-electron chi connectivity index (χ0n) is 13.8. The number of rotatable bonds is 4. The molecule has 2 aromatic rings. The highest BCUT2D eigenvalue weighted by atomic mass is 16.2. The topological polar surface area (TPSA) is 67.2 Å². The predicted molar refractivity (Wildman–Crippen MR) is 90.4 cm³/mol. The summed E-state index contributed by atoms with van der Waals surface area (Å²) in [6, 6.07) is 7.55. The number of carbonyl (C=O) groups excluding carboxylic acids is 2. The Morgan fingerprint density at radius 1 is 1.29 bits per heavy atom. The number of hydrogen-bond acceptors (Lipinski definition) is 3. The van der Waals surface area contributed by atoms with Crippen LogP contribution in [0.4, 0.5) is 0 Å². The molecule has 2 heterocycles. The zero-order valence-corrected chi connectivity index (χ0v) is 13.8. The molecule has 1 aromatic heterocycles. The summed E-state index contributed by atoms with van der Waals surface area (Å²) < 4.78 is 1.70. The van der Waals surface area contributed by atoms with Gasteiger partial charge in [0.05, 0.1) is 18.7 Å². The highest BCUT2D eigenvalue weighted by molar-refractivity contribution is 5.81. The third-order valence-corrected chi connectivity index (χ3v) is 4.10. The van der Waals surface area contributed by atoms with Gasteiger partial charge in [-0.25, -0.2) is 0 Å². The number of fused-ring (bicyclic) bond motifs is 1. The minimum absolute atomic E-state index is 0.0780. The second kappa shape index (κ2) is 6.70. The highest BCUT2D eigenvalue weighted by Gasteiger charge is 2.27. The number of aromatic nitrogens is 2. The van der Waals surface area contributed by atoms with Gasteiger partial charge in [-0.05, 0) is 17.2 Å². The van der Waals surface area contributed by atoms with E-state index in [-0.39, 0.29) is 24.3 Å². The molecule has 1 aromatic carbocycles. The van der Waals surface area contributed by atoms with E-state index in [4.69, 9.17) is 0 Å². The quantitative estimate of drug-likeness (QED) is 0.935. The van der Waals surface area contributed by atoms with E-state index in [0.717, 1.165) is 16.7 Å². The second-order valence-corrected chi connectivity index (χ2v) is 5.89. The average Bonchev–Trinajstić information content (AvgIpc) is 2.98. The molecule has 2 amide bonds. The van der Waals surface area contributed by atoms with Crippen molar-refractivity contribution in [2.45, 2.75) is 25.9 Å². The fourth-order valence-electron chi connectivity index (χ4n) is 2.92. The Bertz CT molecular complexity index is 794. The Balaban J connectivity index is 1.72. The molecule has 1 N–H and O–H groups in total. The van der Waals surface area contributed by atoms with Crippen molar-refractivity contribution in [1.29, 1.82) is 0 Å². The smallest absolute Gasteiger partial charge is 0.223 e. The van der Waals surface area contributed by atoms with Crippen LogP contribution in [-0.4, -0.2) is 26.5 Å². The number of hydrogen-bond donors (Lipinski definition) is 1. The van der Waals surface area contributed by atoms with Crippen LogP contribution in [0.3, 0.4) is 0 Å². The van der Waals surface area contributed by atoms with Gasteiger partial charge in [-0.1, -0.05) is 24.3 Å². The molecule has 0 radical (unpaired) electrons. The fraction of sp³-hybridized carbons (Fsp3) is 0.278. The number of benzene rings is 1. The van der Waals surface area contributed by atoms with Crippen molar-refractivity contribution < 1.29 is 9.59 Å². The molecule has 1 atom stereocenters. The van der Waals surface area contributed by atoms with Gasteiger partial charge in [0, 0.05) is 38.5 Å². The van der Waals surface area contributed by atoms with Crippen molar-refractivity contribution in [2.24, 2.45) is 7.05 Å². The molecule has 0 unspecified atom stereocenters. The molecule has 6 nitrogen and oxygen atoms in total. The lowest BCUT2D eigenvalue weighted by Gasteiger charge is -2.32. The molecule has 0 saturated carbocycles. The van der Waals surface area contributed by atoms with E-state index in [1.54, 1.807) is 22.0 Å². The molecule has 1 aliphatic heterocycles. The van der Waals surface area contributed by atoms with Crippen LogP contribution >= 0.6 is 0 Å². The first-order valence-electron chi connectivity index (χ1n) is 7.85. The molecular formula is C18H20N4O2. The van der Waals surface area contributed by atoms with E-state index in [2.05, 4.69) is 10.4 Å². The van der Waals surface area contributed by atoms with Gasteiger partial charge in [0.15, 0.2) is 0 Å². The van der Waals surface area contributed by atoms with Gasteiger partial charge in [-0.3, -0.25) is 14.3 Å². The maximum absolute atomic E-state index is 12.4. The van der Waals surface area contributed by atoms with Gasteiger partial charge >= 0.3 is 0 Å². The van der Waals surface area contributed by atoms with Gasteiger partial charge in [0.2, 0.25) is 11.8 Å². The van der Waals surface area contributed by atoms with E-state index in [1.807, 2.05) is 43.6 Å². The molecule has 0 spiro atoms. The van der Waals surface area contributed by atoms with Crippen LogP contribution in [0.1, 0.15) is 36.1 Å². The summed E-state index contributed by atoms with van der Waals surface area (Å²) in [5.41, 5.74) is 2.98. The molecule has 0 aliphatic carbocycles. The maximum Gasteiger partial charge on any atom is 0.223 e. The van der Waals surface area contributed by atoms with E-state index in [9.17, 15) is 9.59 Å². The number of amides is 2. The first kappa shape index (κ1) is 16.0. The summed E-state index contributed by atoms with van der Waals surface area (Å²) in [6.07, 6.45) is 7.47. The lowest BCUT2D eigenvalue weighted by Crippen LogP contribution is -2.35. The van der Waals surface area contributed by atoms with Crippen molar-refractivity contribution in [2.75, 3.05) is 0 Å². The normalized spacial score (nSPS) is 15.9. The third kappa shape index (κ3) is 3.37. The van der Waals surface area contributed by atoms with E-state index >= 15 is 0 Å². The Kier molecular flexibility index (Phi) is 4.46. The molecule has 0 fully saturated rings. The molecular weight excluding hydrogens is 304 g/mol. The van der Waals surface area contributed by atoms with Crippen LogP contribution in [0.2, 0.25) is 0 Å². The van der Waals surface area contributed by atoms with Crippen molar-refractivity contribution in [3.05, 3.63) is 59.5 Å². The Morgan fingerprint density at radius 2 is 2.08 bits per heavy atom. The maximum atomic E-state index is 12.4. The van der Waals surface area contributed by atoms with Crippen molar-refractivity contribution in [3.63, 3.8) is 0 Å². The summed E-state index contributed by atoms with van der Waals surface area (Å²) in [4.78, 5) is 25.9. The summed E-state index contributed by atoms with van der Waals surface area (Å²) in [5, 5.41) is 6.97. The molecule has 1 aliphatic rings. The van der Waals surface area contributed by atoms with E-state index < -0.39 is 0 Å². The van der Waals surface area contributed by atoms with Gasteiger partial charge in [-0.2, -0.15) is 5.10 Å². The Hall–Kier alpha value is -2.89. The minimum atomic E-state index is -0.280. The molecule has 3 rings (SSSR count). The number of carbonyl (C=O) groups is 2. The summed E-state index contributed by atoms with van der Waals surface area (Å²) in [7, 11) is 1.83. The first-order valence-corrected chi connectivity index (χ1v) is 7.85. The molecule has 0 bridgehead atoms. The van der Waals surface area contributed by atoms with Crippen molar-refractivity contribution >= 4 is 17.9 Å². The van der Waals surface area contributed by atoms with Crippen LogP contribution in [0.25, 0.3) is 6.08 Å². The summed E-state index contributed by atoms with van der Waals surface area (Å²) in [6.45, 7) is 1.94. The Labute approximate surface area is 140 Å². The van der Waals surface area contributed by atoms with Crippen LogP contribution in [0, 0.1) is 0 Å². The SMILES string of the molecule is CC(=O)N1C=Cc2ccccc2[C@H]1CC(=O)NCc1cnn(C)c1. The van der Waals surface area contributed by atoms with Gasteiger partial charge in [0.25, 0.3) is 0 Å². The average molecular weight is 324 g/mol. The number of aryl methyl sites for hydroxylation is 1. The van der Waals surface area contributed by atoms with Gasteiger partial charge in [-0.15, -0.1) is 0 Å². The van der Waals surface area contributed by atoms with Crippen LogP contribution < -0.4 is 5.32 Å². The first-order chi connectivity index (χ1) is 11.5. The summed E-state index contributed by atoms with van der Waals surface area (Å²) >= 11 is 0. The summed E-state index contributed by atoms with van der Waals surface area (Å²) in [5.74, 6) is -0.175. The molecule has 124 valence electrons. The lowest BCUT2D eigenvalue weighted by molar-refractivity contribution is -0.130. The number of nitrogens with one attached hydrogen (secondary N) is 1. The second-order valence-electron chi connectivity index (χ2n) is 5.89. The van der Waals surface area contributed by atoms with E-state index in [0.29, 0.717) is 6.54 Å².